The minimum atomic E-state index is -0.850. The van der Waals surface area contributed by atoms with E-state index in [1.165, 1.54) is 12.1 Å². The third-order valence-corrected chi connectivity index (χ3v) is 2.58. The summed E-state index contributed by atoms with van der Waals surface area (Å²) in [6.45, 7) is 3.76. The molecule has 0 aliphatic rings. The maximum absolute atomic E-state index is 13.5. The highest BCUT2D eigenvalue weighted by Crippen LogP contribution is 2.19. The Bertz CT molecular complexity index is 542. The van der Waals surface area contributed by atoms with E-state index in [1.54, 1.807) is 13.8 Å². The highest BCUT2D eigenvalue weighted by molar-refractivity contribution is 5.21. The van der Waals surface area contributed by atoms with Crippen LogP contribution in [0.25, 0.3) is 0 Å². The van der Waals surface area contributed by atoms with Gasteiger partial charge in [-0.25, -0.2) is 8.78 Å². The van der Waals surface area contributed by atoms with Gasteiger partial charge < -0.3 is 9.84 Å². The summed E-state index contributed by atoms with van der Waals surface area (Å²) in [5, 5.41) is 6.71. The number of nitrogens with zero attached hydrogens (tertiary/aromatic N) is 2. The normalized spacial score (nSPS) is 12.7. The maximum Gasteiger partial charge on any atom is 0.223 e. The number of benzene rings is 1. The lowest BCUT2D eigenvalue weighted by molar-refractivity contribution is 0.383. The Hall–Kier alpha value is -1.82. The van der Waals surface area contributed by atoms with Gasteiger partial charge in [0, 0.05) is 18.5 Å². The average Bonchev–Trinajstić information content (AvgIpc) is 2.76. The first kappa shape index (κ1) is 12.6. The first-order valence-electron chi connectivity index (χ1n) is 5.54. The third kappa shape index (κ3) is 2.70. The van der Waals surface area contributed by atoms with Gasteiger partial charge >= 0.3 is 0 Å². The van der Waals surface area contributed by atoms with Crippen LogP contribution < -0.4 is 5.32 Å². The molecule has 2 rings (SSSR count). The molecule has 0 spiro atoms. The molecule has 0 amide bonds. The van der Waals surface area contributed by atoms with Crippen molar-refractivity contribution in [1.29, 1.82) is 0 Å². The molecule has 1 aromatic heterocycles. The van der Waals surface area contributed by atoms with Gasteiger partial charge in [-0.2, -0.15) is 4.98 Å². The highest BCUT2D eigenvalue weighted by Gasteiger charge is 2.14. The second-order valence-corrected chi connectivity index (χ2v) is 3.98. The van der Waals surface area contributed by atoms with Crippen molar-refractivity contribution in [3.63, 3.8) is 0 Å². The van der Waals surface area contributed by atoms with Gasteiger partial charge in [0.2, 0.25) is 5.89 Å². The fourth-order valence-electron chi connectivity index (χ4n) is 1.62. The quantitative estimate of drug-likeness (QED) is 0.909. The van der Waals surface area contributed by atoms with Gasteiger partial charge in [0.15, 0.2) is 17.5 Å². The fourth-order valence-corrected chi connectivity index (χ4v) is 1.62. The standard InChI is InChI=1S/C12H13F2N3O/c1-7(9-4-3-5-10(13)12(9)14)15-6-11-16-8(2)18-17-11/h3-5,7,15H,6H2,1-2H3. The SMILES string of the molecule is Cc1nc(CNC(C)c2cccc(F)c2F)no1. The summed E-state index contributed by atoms with van der Waals surface area (Å²) < 4.78 is 31.4. The van der Waals surface area contributed by atoms with E-state index in [9.17, 15) is 8.78 Å². The van der Waals surface area contributed by atoms with E-state index in [-0.39, 0.29) is 11.6 Å². The van der Waals surface area contributed by atoms with Gasteiger partial charge in [-0.05, 0) is 13.0 Å². The zero-order chi connectivity index (χ0) is 13.1. The Morgan fingerprint density at radius 2 is 2.17 bits per heavy atom. The van der Waals surface area contributed by atoms with Gasteiger partial charge in [-0.3, -0.25) is 0 Å². The molecule has 2 aromatic rings. The van der Waals surface area contributed by atoms with Crippen molar-refractivity contribution in [3.8, 4) is 0 Å². The molecule has 1 unspecified atom stereocenters. The van der Waals surface area contributed by atoms with Crippen LogP contribution in [-0.4, -0.2) is 10.1 Å². The van der Waals surface area contributed by atoms with Crippen molar-refractivity contribution in [1.82, 2.24) is 15.5 Å². The molecule has 1 atom stereocenters. The molecule has 1 aromatic carbocycles. The lowest BCUT2D eigenvalue weighted by atomic mass is 10.1. The number of hydrogen-bond donors (Lipinski definition) is 1. The zero-order valence-corrected chi connectivity index (χ0v) is 10.1. The van der Waals surface area contributed by atoms with Crippen molar-refractivity contribution in [2.24, 2.45) is 0 Å². The summed E-state index contributed by atoms with van der Waals surface area (Å²) >= 11 is 0. The van der Waals surface area contributed by atoms with Gasteiger partial charge in [-0.15, -0.1) is 0 Å². The number of hydrogen-bond acceptors (Lipinski definition) is 4. The Kier molecular flexibility index (Phi) is 3.66. The van der Waals surface area contributed by atoms with Crippen molar-refractivity contribution in [2.75, 3.05) is 0 Å². The summed E-state index contributed by atoms with van der Waals surface area (Å²) in [6, 6.07) is 3.76. The van der Waals surface area contributed by atoms with Gasteiger partial charge in [-0.1, -0.05) is 17.3 Å². The number of nitrogens with one attached hydrogen (secondary N) is 1. The second-order valence-electron chi connectivity index (χ2n) is 3.98. The van der Waals surface area contributed by atoms with Gasteiger partial charge in [0.05, 0.1) is 6.54 Å². The van der Waals surface area contributed by atoms with E-state index in [4.69, 9.17) is 4.52 Å². The molecule has 1 heterocycles. The summed E-state index contributed by atoms with van der Waals surface area (Å²) in [7, 11) is 0. The van der Waals surface area contributed by atoms with Crippen LogP contribution in [0.4, 0.5) is 8.78 Å². The third-order valence-electron chi connectivity index (χ3n) is 2.58. The number of rotatable bonds is 4. The lowest BCUT2D eigenvalue weighted by Gasteiger charge is -2.13. The fraction of sp³-hybridized carbons (Fsp3) is 0.333. The molecular formula is C12H13F2N3O. The van der Waals surface area contributed by atoms with Crippen LogP contribution in [0.1, 0.15) is 30.2 Å². The van der Waals surface area contributed by atoms with E-state index in [2.05, 4.69) is 15.5 Å². The molecule has 0 aliphatic heterocycles. The van der Waals surface area contributed by atoms with Crippen LogP contribution in [-0.2, 0) is 6.54 Å². The number of halogens is 2. The van der Waals surface area contributed by atoms with Crippen LogP contribution in [0.2, 0.25) is 0 Å². The molecule has 0 saturated heterocycles. The monoisotopic (exact) mass is 253 g/mol. The first-order chi connectivity index (χ1) is 8.58. The second kappa shape index (κ2) is 5.22. The molecule has 0 fully saturated rings. The summed E-state index contributed by atoms with van der Waals surface area (Å²) in [5.74, 6) is -0.731. The van der Waals surface area contributed by atoms with Crippen LogP contribution in [0.5, 0.6) is 0 Å². The molecule has 0 saturated carbocycles. The van der Waals surface area contributed by atoms with Gasteiger partial charge in [0.25, 0.3) is 0 Å². The van der Waals surface area contributed by atoms with Crippen LogP contribution >= 0.6 is 0 Å². The van der Waals surface area contributed by atoms with Crippen molar-refractivity contribution < 1.29 is 13.3 Å². The highest BCUT2D eigenvalue weighted by atomic mass is 19.2. The topological polar surface area (TPSA) is 51.0 Å². The predicted molar refractivity (Wildman–Crippen MR) is 60.6 cm³/mol. The summed E-state index contributed by atoms with van der Waals surface area (Å²) in [4.78, 5) is 4.01. The first-order valence-corrected chi connectivity index (χ1v) is 5.54. The molecule has 6 heteroatoms. The van der Waals surface area contributed by atoms with E-state index in [0.29, 0.717) is 18.3 Å². The maximum atomic E-state index is 13.5. The lowest BCUT2D eigenvalue weighted by Crippen LogP contribution is -2.20. The van der Waals surface area contributed by atoms with Crippen LogP contribution in [0, 0.1) is 18.6 Å². The minimum absolute atomic E-state index is 0.273. The zero-order valence-electron chi connectivity index (χ0n) is 10.1. The van der Waals surface area contributed by atoms with Crippen molar-refractivity contribution >= 4 is 0 Å². The molecule has 0 radical (unpaired) electrons. The van der Waals surface area contributed by atoms with Gasteiger partial charge in [0.1, 0.15) is 0 Å². The van der Waals surface area contributed by atoms with E-state index in [0.717, 1.165) is 6.07 Å². The van der Waals surface area contributed by atoms with Crippen molar-refractivity contribution in [3.05, 3.63) is 47.1 Å². The summed E-state index contributed by atoms with van der Waals surface area (Å²) in [5.41, 5.74) is 0.273. The molecular weight excluding hydrogens is 240 g/mol. The molecule has 4 nitrogen and oxygen atoms in total. The number of aromatic nitrogens is 2. The van der Waals surface area contributed by atoms with E-state index < -0.39 is 11.6 Å². The number of aryl methyl sites for hydroxylation is 1. The molecule has 1 N–H and O–H groups in total. The van der Waals surface area contributed by atoms with Crippen LogP contribution in [0.15, 0.2) is 22.7 Å². The summed E-state index contributed by atoms with van der Waals surface area (Å²) in [6.07, 6.45) is 0. The Labute approximate surface area is 103 Å². The van der Waals surface area contributed by atoms with E-state index >= 15 is 0 Å². The Morgan fingerprint density at radius 1 is 1.39 bits per heavy atom. The molecule has 18 heavy (non-hydrogen) atoms. The molecule has 0 aliphatic carbocycles. The smallest absolute Gasteiger partial charge is 0.223 e. The van der Waals surface area contributed by atoms with Crippen molar-refractivity contribution in [2.45, 2.75) is 26.4 Å². The Balaban J connectivity index is 2.03. The van der Waals surface area contributed by atoms with E-state index in [1.807, 2.05) is 0 Å². The molecule has 0 bridgehead atoms. The molecule has 96 valence electrons. The minimum Gasteiger partial charge on any atom is -0.340 e. The van der Waals surface area contributed by atoms with Crippen LogP contribution in [0.3, 0.4) is 0 Å². The average molecular weight is 253 g/mol. The Morgan fingerprint density at radius 3 is 2.83 bits per heavy atom. The predicted octanol–water partition coefficient (Wildman–Crippen LogP) is 2.51. The largest absolute Gasteiger partial charge is 0.340 e.